The molecule has 0 aliphatic heterocycles. The standard InChI is InChI=1S/C12H18O3/c1-4-15-12(14)10-6-5-9(11(10)13)7-8(2)3/h9-10H,2,4-7H2,1,3H3/t9-,10-/m1/s1. The van der Waals surface area contributed by atoms with E-state index >= 15 is 0 Å². The second kappa shape index (κ2) is 5.10. The third kappa shape index (κ3) is 2.91. The van der Waals surface area contributed by atoms with Crippen LogP contribution in [0.2, 0.25) is 0 Å². The fourth-order valence-corrected chi connectivity index (χ4v) is 2.04. The molecule has 0 aromatic carbocycles. The van der Waals surface area contributed by atoms with Gasteiger partial charge in [0.05, 0.1) is 6.61 Å². The van der Waals surface area contributed by atoms with E-state index in [4.69, 9.17) is 4.74 Å². The Morgan fingerprint density at radius 1 is 1.53 bits per heavy atom. The zero-order chi connectivity index (χ0) is 11.4. The van der Waals surface area contributed by atoms with E-state index < -0.39 is 5.92 Å². The highest BCUT2D eigenvalue weighted by atomic mass is 16.5. The van der Waals surface area contributed by atoms with Crippen LogP contribution in [0, 0.1) is 11.8 Å². The second-order valence-corrected chi connectivity index (χ2v) is 4.14. The summed E-state index contributed by atoms with van der Waals surface area (Å²) in [6.45, 7) is 7.79. The molecule has 0 bridgehead atoms. The number of carbonyl (C=O) groups excluding carboxylic acids is 2. The summed E-state index contributed by atoms with van der Waals surface area (Å²) >= 11 is 0. The molecule has 0 amide bonds. The fraction of sp³-hybridized carbons (Fsp3) is 0.667. The van der Waals surface area contributed by atoms with Gasteiger partial charge >= 0.3 is 5.97 Å². The van der Waals surface area contributed by atoms with Crippen LogP contribution in [0.1, 0.15) is 33.1 Å². The molecule has 1 rings (SSSR count). The van der Waals surface area contributed by atoms with Crippen LogP contribution in [0.15, 0.2) is 12.2 Å². The van der Waals surface area contributed by atoms with Crippen molar-refractivity contribution in [2.75, 3.05) is 6.61 Å². The van der Waals surface area contributed by atoms with Crippen LogP contribution < -0.4 is 0 Å². The van der Waals surface area contributed by atoms with Gasteiger partial charge in [0.2, 0.25) is 0 Å². The first-order chi connectivity index (χ1) is 7.06. The lowest BCUT2D eigenvalue weighted by molar-refractivity contribution is -0.150. The second-order valence-electron chi connectivity index (χ2n) is 4.14. The van der Waals surface area contributed by atoms with Gasteiger partial charge in [-0.1, -0.05) is 5.57 Å². The lowest BCUT2D eigenvalue weighted by atomic mass is 9.97. The summed E-state index contributed by atoms with van der Waals surface area (Å²) in [6, 6.07) is 0. The van der Waals surface area contributed by atoms with E-state index in [-0.39, 0.29) is 17.7 Å². The first-order valence-electron chi connectivity index (χ1n) is 5.41. The lowest BCUT2D eigenvalue weighted by Crippen LogP contribution is -2.24. The number of esters is 1. The van der Waals surface area contributed by atoms with E-state index in [9.17, 15) is 9.59 Å². The molecule has 2 atom stereocenters. The summed E-state index contributed by atoms with van der Waals surface area (Å²) in [5, 5.41) is 0. The molecule has 1 aliphatic rings. The van der Waals surface area contributed by atoms with Gasteiger partial charge < -0.3 is 4.74 Å². The Labute approximate surface area is 90.5 Å². The maximum atomic E-state index is 11.8. The Hall–Kier alpha value is -1.12. The number of ether oxygens (including phenoxy) is 1. The zero-order valence-electron chi connectivity index (χ0n) is 9.41. The SMILES string of the molecule is C=C(C)C[C@H]1CC[C@@H](C(=O)OCC)C1=O. The Balaban J connectivity index is 2.56. The quantitative estimate of drug-likeness (QED) is 0.405. The monoisotopic (exact) mass is 210 g/mol. The molecular formula is C12H18O3. The Bertz CT molecular complexity index is 281. The maximum Gasteiger partial charge on any atom is 0.316 e. The Morgan fingerprint density at radius 3 is 2.73 bits per heavy atom. The van der Waals surface area contributed by atoms with Crippen molar-refractivity contribution >= 4 is 11.8 Å². The first-order valence-corrected chi connectivity index (χ1v) is 5.41. The number of hydrogen-bond acceptors (Lipinski definition) is 3. The van der Waals surface area contributed by atoms with E-state index in [0.29, 0.717) is 19.4 Å². The molecule has 0 radical (unpaired) electrons. The summed E-state index contributed by atoms with van der Waals surface area (Å²) in [5.74, 6) is -0.852. The van der Waals surface area contributed by atoms with Crippen molar-refractivity contribution < 1.29 is 14.3 Å². The molecule has 3 heteroatoms. The van der Waals surface area contributed by atoms with Crippen LogP contribution in [0.3, 0.4) is 0 Å². The number of rotatable bonds is 4. The van der Waals surface area contributed by atoms with Gasteiger partial charge in [0.25, 0.3) is 0 Å². The molecule has 0 aromatic rings. The normalized spacial score (nSPS) is 25.3. The number of carbonyl (C=O) groups is 2. The van der Waals surface area contributed by atoms with Crippen molar-refractivity contribution in [3.05, 3.63) is 12.2 Å². The smallest absolute Gasteiger partial charge is 0.316 e. The number of allylic oxidation sites excluding steroid dienone is 1. The summed E-state index contributed by atoms with van der Waals surface area (Å²) in [6.07, 6.45) is 2.12. The predicted molar refractivity (Wildman–Crippen MR) is 57.3 cm³/mol. The summed E-state index contributed by atoms with van der Waals surface area (Å²) < 4.78 is 4.87. The highest BCUT2D eigenvalue weighted by Crippen LogP contribution is 2.32. The van der Waals surface area contributed by atoms with Crippen molar-refractivity contribution in [3.8, 4) is 0 Å². The minimum absolute atomic E-state index is 0.0168. The van der Waals surface area contributed by atoms with Crippen molar-refractivity contribution in [1.82, 2.24) is 0 Å². The molecule has 1 aliphatic carbocycles. The van der Waals surface area contributed by atoms with Crippen LogP contribution in [0.4, 0.5) is 0 Å². The van der Waals surface area contributed by atoms with Gasteiger partial charge in [0.1, 0.15) is 11.7 Å². The van der Waals surface area contributed by atoms with Gasteiger partial charge in [-0.05, 0) is 33.1 Å². The van der Waals surface area contributed by atoms with E-state index in [2.05, 4.69) is 6.58 Å². The van der Waals surface area contributed by atoms with E-state index in [1.54, 1.807) is 6.92 Å². The van der Waals surface area contributed by atoms with Crippen LogP contribution >= 0.6 is 0 Å². The largest absolute Gasteiger partial charge is 0.465 e. The minimum atomic E-state index is -0.519. The molecule has 84 valence electrons. The van der Waals surface area contributed by atoms with Gasteiger partial charge in [0.15, 0.2) is 0 Å². The molecule has 0 heterocycles. The number of Topliss-reactive ketones (excluding diaryl/α,β-unsaturated/α-hetero) is 1. The summed E-state index contributed by atoms with van der Waals surface area (Å²) in [4.78, 5) is 23.2. The molecule has 0 spiro atoms. The van der Waals surface area contributed by atoms with Crippen molar-refractivity contribution in [3.63, 3.8) is 0 Å². The molecule has 0 unspecified atom stereocenters. The van der Waals surface area contributed by atoms with Gasteiger partial charge in [-0.2, -0.15) is 0 Å². The van der Waals surface area contributed by atoms with Crippen molar-refractivity contribution in [2.45, 2.75) is 33.1 Å². The van der Waals surface area contributed by atoms with Crippen LogP contribution in [0.5, 0.6) is 0 Å². The van der Waals surface area contributed by atoms with Gasteiger partial charge in [-0.15, -0.1) is 6.58 Å². The van der Waals surface area contributed by atoms with Gasteiger partial charge in [0, 0.05) is 5.92 Å². The molecule has 1 fully saturated rings. The van der Waals surface area contributed by atoms with Gasteiger partial charge in [-0.3, -0.25) is 9.59 Å². The predicted octanol–water partition coefficient (Wildman–Crippen LogP) is 2.11. The van der Waals surface area contributed by atoms with E-state index in [0.717, 1.165) is 12.0 Å². The molecule has 0 aromatic heterocycles. The topological polar surface area (TPSA) is 43.4 Å². The highest BCUT2D eigenvalue weighted by Gasteiger charge is 2.39. The first kappa shape index (κ1) is 12.0. The van der Waals surface area contributed by atoms with Gasteiger partial charge in [-0.25, -0.2) is 0 Å². The number of hydrogen-bond donors (Lipinski definition) is 0. The Kier molecular flexibility index (Phi) is 4.06. The summed E-state index contributed by atoms with van der Waals surface area (Å²) in [7, 11) is 0. The van der Waals surface area contributed by atoms with Crippen LogP contribution in [-0.2, 0) is 14.3 Å². The van der Waals surface area contributed by atoms with Crippen LogP contribution in [0.25, 0.3) is 0 Å². The molecular weight excluding hydrogens is 192 g/mol. The van der Waals surface area contributed by atoms with Crippen LogP contribution in [-0.4, -0.2) is 18.4 Å². The summed E-state index contributed by atoms with van der Waals surface area (Å²) in [5.41, 5.74) is 0.998. The minimum Gasteiger partial charge on any atom is -0.465 e. The Morgan fingerprint density at radius 2 is 2.20 bits per heavy atom. The molecule has 3 nitrogen and oxygen atoms in total. The third-order valence-electron chi connectivity index (χ3n) is 2.72. The molecule has 1 saturated carbocycles. The fourth-order valence-electron chi connectivity index (χ4n) is 2.04. The highest BCUT2D eigenvalue weighted by molar-refractivity contribution is 6.01. The maximum absolute atomic E-state index is 11.8. The van der Waals surface area contributed by atoms with E-state index in [1.165, 1.54) is 0 Å². The molecule has 15 heavy (non-hydrogen) atoms. The average Bonchev–Trinajstić information content (AvgIpc) is 2.48. The number of ketones is 1. The van der Waals surface area contributed by atoms with Crippen molar-refractivity contribution in [1.29, 1.82) is 0 Å². The molecule has 0 N–H and O–H groups in total. The molecule has 0 saturated heterocycles. The van der Waals surface area contributed by atoms with E-state index in [1.807, 2.05) is 6.92 Å². The van der Waals surface area contributed by atoms with Crippen molar-refractivity contribution in [2.24, 2.45) is 11.8 Å². The lowest BCUT2D eigenvalue weighted by Gasteiger charge is -2.09. The average molecular weight is 210 g/mol. The zero-order valence-corrected chi connectivity index (χ0v) is 9.41. The third-order valence-corrected chi connectivity index (χ3v) is 2.72.